The maximum absolute atomic E-state index is 11.7. The fourth-order valence-corrected chi connectivity index (χ4v) is 2.16. The topological polar surface area (TPSA) is 70.8 Å². The van der Waals surface area contributed by atoms with E-state index in [4.69, 9.17) is 19.9 Å². The average Bonchev–Trinajstić information content (AvgIpc) is 2.61. The number of ether oxygens (including phenoxy) is 3. The van der Waals surface area contributed by atoms with E-state index in [2.05, 4.69) is 11.8 Å². The number of para-hydroxylation sites is 1. The molecule has 124 valence electrons. The van der Waals surface area contributed by atoms with Crippen molar-refractivity contribution in [2.24, 2.45) is 0 Å². The SMILES string of the molecule is COC(=O)Cc1cc(OC)c(OC)cc1C#Cc1ccccc1N. The van der Waals surface area contributed by atoms with Crippen LogP contribution < -0.4 is 15.2 Å². The summed E-state index contributed by atoms with van der Waals surface area (Å²) in [5, 5.41) is 0. The Kier molecular flexibility index (Phi) is 5.69. The van der Waals surface area contributed by atoms with Crippen molar-refractivity contribution in [2.75, 3.05) is 27.1 Å². The second-order valence-electron chi connectivity index (χ2n) is 4.95. The average molecular weight is 325 g/mol. The summed E-state index contributed by atoms with van der Waals surface area (Å²) in [5.74, 6) is 6.79. The van der Waals surface area contributed by atoms with Gasteiger partial charge in [-0.1, -0.05) is 24.0 Å². The Hall–Kier alpha value is -3.13. The highest BCUT2D eigenvalue weighted by Crippen LogP contribution is 2.30. The molecule has 5 nitrogen and oxygen atoms in total. The van der Waals surface area contributed by atoms with Gasteiger partial charge in [0.15, 0.2) is 11.5 Å². The Balaban J connectivity index is 2.50. The van der Waals surface area contributed by atoms with Crippen LogP contribution in [0.3, 0.4) is 0 Å². The van der Waals surface area contributed by atoms with Crippen molar-refractivity contribution in [3.8, 4) is 23.3 Å². The van der Waals surface area contributed by atoms with Gasteiger partial charge < -0.3 is 19.9 Å². The minimum Gasteiger partial charge on any atom is -0.493 e. The summed E-state index contributed by atoms with van der Waals surface area (Å²) < 4.78 is 15.3. The first-order chi connectivity index (χ1) is 11.6. The first kappa shape index (κ1) is 17.2. The predicted molar refractivity (Wildman–Crippen MR) is 92.1 cm³/mol. The van der Waals surface area contributed by atoms with Gasteiger partial charge in [-0.25, -0.2) is 0 Å². The van der Waals surface area contributed by atoms with Crippen molar-refractivity contribution in [3.63, 3.8) is 0 Å². The van der Waals surface area contributed by atoms with Gasteiger partial charge in [-0.2, -0.15) is 0 Å². The third-order valence-corrected chi connectivity index (χ3v) is 3.46. The zero-order valence-electron chi connectivity index (χ0n) is 13.9. The van der Waals surface area contributed by atoms with Crippen LogP contribution in [0.25, 0.3) is 0 Å². The molecule has 0 aliphatic rings. The standard InChI is InChI=1S/C19H19NO4/c1-22-17-10-14(9-8-13-6-4-5-7-16(13)20)15(11-18(17)23-2)12-19(21)24-3/h4-7,10-11H,12,20H2,1-3H3. The van der Waals surface area contributed by atoms with Gasteiger partial charge in [0, 0.05) is 16.8 Å². The third-order valence-electron chi connectivity index (χ3n) is 3.46. The van der Waals surface area contributed by atoms with Crippen LogP contribution in [0.1, 0.15) is 16.7 Å². The number of carbonyl (C=O) groups is 1. The number of hydrogen-bond acceptors (Lipinski definition) is 5. The number of nitrogens with two attached hydrogens (primary N) is 1. The predicted octanol–water partition coefficient (Wildman–Crippen LogP) is 2.40. The lowest BCUT2D eigenvalue weighted by molar-refractivity contribution is -0.139. The smallest absolute Gasteiger partial charge is 0.310 e. The number of carbonyl (C=O) groups excluding carboxylic acids is 1. The number of methoxy groups -OCH3 is 3. The quantitative estimate of drug-likeness (QED) is 0.531. The van der Waals surface area contributed by atoms with Gasteiger partial charge in [0.05, 0.1) is 27.8 Å². The summed E-state index contributed by atoms with van der Waals surface area (Å²) in [5.41, 5.74) is 8.57. The highest BCUT2D eigenvalue weighted by Gasteiger charge is 2.13. The molecular formula is C19H19NO4. The first-order valence-electron chi connectivity index (χ1n) is 7.27. The normalized spacial score (nSPS) is 9.62. The van der Waals surface area contributed by atoms with Gasteiger partial charge in [-0.05, 0) is 29.8 Å². The lowest BCUT2D eigenvalue weighted by Crippen LogP contribution is -2.07. The Morgan fingerprint density at radius 3 is 2.25 bits per heavy atom. The lowest BCUT2D eigenvalue weighted by Gasteiger charge is -2.11. The fourth-order valence-electron chi connectivity index (χ4n) is 2.16. The first-order valence-corrected chi connectivity index (χ1v) is 7.27. The van der Waals surface area contributed by atoms with Gasteiger partial charge in [0.1, 0.15) is 0 Å². The van der Waals surface area contributed by atoms with E-state index in [1.165, 1.54) is 14.2 Å². The van der Waals surface area contributed by atoms with Crippen LogP contribution in [0.4, 0.5) is 5.69 Å². The molecule has 0 amide bonds. The molecule has 2 N–H and O–H groups in total. The highest BCUT2D eigenvalue weighted by molar-refractivity contribution is 5.74. The molecule has 0 saturated heterocycles. The lowest BCUT2D eigenvalue weighted by atomic mass is 10.0. The summed E-state index contributed by atoms with van der Waals surface area (Å²) in [7, 11) is 4.43. The zero-order valence-corrected chi connectivity index (χ0v) is 13.9. The molecule has 0 unspecified atom stereocenters. The summed E-state index contributed by atoms with van der Waals surface area (Å²) >= 11 is 0. The van der Waals surface area contributed by atoms with E-state index in [1.807, 2.05) is 18.2 Å². The highest BCUT2D eigenvalue weighted by atomic mass is 16.5. The molecule has 0 radical (unpaired) electrons. The van der Waals surface area contributed by atoms with E-state index >= 15 is 0 Å². The van der Waals surface area contributed by atoms with Crippen molar-refractivity contribution in [1.29, 1.82) is 0 Å². The van der Waals surface area contributed by atoms with E-state index in [0.29, 0.717) is 28.3 Å². The van der Waals surface area contributed by atoms with Crippen LogP contribution in [0.15, 0.2) is 36.4 Å². The van der Waals surface area contributed by atoms with E-state index in [0.717, 1.165) is 5.56 Å². The van der Waals surface area contributed by atoms with E-state index in [9.17, 15) is 4.79 Å². The maximum Gasteiger partial charge on any atom is 0.310 e. The fraction of sp³-hybridized carbons (Fsp3) is 0.211. The number of esters is 1. The summed E-state index contributed by atoms with van der Waals surface area (Å²) in [4.78, 5) is 11.7. The molecule has 0 aliphatic heterocycles. The van der Waals surface area contributed by atoms with Gasteiger partial charge in [0.2, 0.25) is 0 Å². The van der Waals surface area contributed by atoms with Crippen LogP contribution in [0.2, 0.25) is 0 Å². The van der Waals surface area contributed by atoms with E-state index < -0.39 is 0 Å². The molecule has 5 heteroatoms. The number of nitrogen functional groups attached to an aromatic ring is 1. The molecule has 0 bridgehead atoms. The molecule has 0 atom stereocenters. The van der Waals surface area contributed by atoms with Gasteiger partial charge >= 0.3 is 5.97 Å². The van der Waals surface area contributed by atoms with Crippen molar-refractivity contribution in [2.45, 2.75) is 6.42 Å². The molecule has 0 saturated carbocycles. The molecule has 2 aromatic rings. The van der Waals surface area contributed by atoms with Crippen molar-refractivity contribution in [3.05, 3.63) is 53.1 Å². The Morgan fingerprint density at radius 1 is 1.00 bits per heavy atom. The zero-order chi connectivity index (χ0) is 17.5. The van der Waals surface area contributed by atoms with Crippen LogP contribution in [-0.4, -0.2) is 27.3 Å². The molecule has 0 aliphatic carbocycles. The molecule has 0 aromatic heterocycles. The van der Waals surface area contributed by atoms with Gasteiger partial charge in [-0.15, -0.1) is 0 Å². The van der Waals surface area contributed by atoms with Crippen molar-refractivity contribution >= 4 is 11.7 Å². The van der Waals surface area contributed by atoms with E-state index in [-0.39, 0.29) is 12.4 Å². The number of rotatable bonds is 4. The monoisotopic (exact) mass is 325 g/mol. The van der Waals surface area contributed by atoms with Gasteiger partial charge in [0.25, 0.3) is 0 Å². The van der Waals surface area contributed by atoms with Crippen LogP contribution in [-0.2, 0) is 16.0 Å². The Morgan fingerprint density at radius 2 is 1.62 bits per heavy atom. The number of anilines is 1. The van der Waals surface area contributed by atoms with Gasteiger partial charge in [-0.3, -0.25) is 4.79 Å². The van der Waals surface area contributed by atoms with Crippen LogP contribution >= 0.6 is 0 Å². The summed E-state index contributed by atoms with van der Waals surface area (Å²) in [6, 6.07) is 10.8. The van der Waals surface area contributed by atoms with Crippen molar-refractivity contribution < 1.29 is 19.0 Å². The number of hydrogen-bond donors (Lipinski definition) is 1. The second-order valence-corrected chi connectivity index (χ2v) is 4.95. The molecule has 24 heavy (non-hydrogen) atoms. The largest absolute Gasteiger partial charge is 0.493 e. The Labute approximate surface area is 141 Å². The third kappa shape index (κ3) is 3.99. The molecule has 0 spiro atoms. The second kappa shape index (κ2) is 7.93. The minimum atomic E-state index is -0.357. The summed E-state index contributed by atoms with van der Waals surface area (Å²) in [6.45, 7) is 0. The molecule has 0 fully saturated rings. The van der Waals surface area contributed by atoms with Crippen LogP contribution in [0.5, 0.6) is 11.5 Å². The maximum atomic E-state index is 11.7. The Bertz CT molecular complexity index is 803. The van der Waals surface area contributed by atoms with Crippen molar-refractivity contribution in [1.82, 2.24) is 0 Å². The molecular weight excluding hydrogens is 306 g/mol. The molecule has 2 rings (SSSR count). The number of benzene rings is 2. The minimum absolute atomic E-state index is 0.0884. The molecule has 2 aromatic carbocycles. The molecule has 0 heterocycles. The summed E-state index contributed by atoms with van der Waals surface area (Å²) in [6.07, 6.45) is 0.0884. The van der Waals surface area contributed by atoms with Crippen LogP contribution in [0, 0.1) is 11.8 Å². The van der Waals surface area contributed by atoms with E-state index in [1.54, 1.807) is 25.3 Å².